The molecule has 0 aliphatic carbocycles. The molecule has 0 aromatic heterocycles. The largest absolute Gasteiger partial charge is 0.480 e. The van der Waals surface area contributed by atoms with Gasteiger partial charge >= 0.3 is 24.0 Å². The summed E-state index contributed by atoms with van der Waals surface area (Å²) in [4.78, 5) is 109. The molecule has 0 aliphatic rings. The smallest absolute Gasteiger partial charge is 0.408 e. The highest BCUT2D eigenvalue weighted by molar-refractivity contribution is 5.97. The lowest BCUT2D eigenvalue weighted by molar-refractivity contribution is -0.148. The molecule has 5 aromatic carbocycles. The number of benzene rings is 5. The van der Waals surface area contributed by atoms with Crippen LogP contribution in [-0.4, -0.2) is 108 Å². The molecular weight excluding hydrogens is 1020 g/mol. The first kappa shape index (κ1) is 61.4. The summed E-state index contributed by atoms with van der Waals surface area (Å²) in [6, 6.07) is 36.2. The molecule has 5 rings (SSSR count). The van der Waals surface area contributed by atoms with Gasteiger partial charge in [-0.2, -0.15) is 0 Å². The monoisotopic (exact) mass is 1090 g/mol. The molecule has 0 radical (unpaired) electrons. The van der Waals surface area contributed by atoms with E-state index in [0.717, 1.165) is 0 Å². The van der Waals surface area contributed by atoms with Crippen LogP contribution in [0.15, 0.2) is 152 Å². The Hall–Kier alpha value is -8.46. The summed E-state index contributed by atoms with van der Waals surface area (Å²) in [5, 5.41) is 22.8. The Labute approximate surface area is 459 Å². The van der Waals surface area contributed by atoms with Crippen molar-refractivity contribution in [1.82, 2.24) is 26.6 Å². The normalized spacial score (nSPS) is 13.4. The zero-order chi connectivity index (χ0) is 57.0. The SMILES string of the molecule is C[C@@H](OCc1ccccc1)[C@H](NC(=O)[C@H](CC(=O)OCc1ccccc1)NC(=O)OC(C)(C)C)C(=O)N[C@@H](COCc1ccccc1)C(=O)N[C@@H](COCc1ccccc1)C(=O)N[C@@H](CCC(=O)OCc1ccccc1)C(=O)O. The third-order valence-electron chi connectivity index (χ3n) is 11.6. The molecular formula is C59H69N5O15. The summed E-state index contributed by atoms with van der Waals surface area (Å²) in [6.07, 6.45) is -3.65. The summed E-state index contributed by atoms with van der Waals surface area (Å²) in [5.41, 5.74) is 2.51. The summed E-state index contributed by atoms with van der Waals surface area (Å²) in [5.74, 6) is -7.06. The lowest BCUT2D eigenvalue weighted by Gasteiger charge is -2.29. The highest BCUT2D eigenvalue weighted by Crippen LogP contribution is 2.13. The number of carboxylic acid groups (broad SMARTS) is 1. The van der Waals surface area contributed by atoms with E-state index in [4.69, 9.17) is 28.4 Å². The van der Waals surface area contributed by atoms with Gasteiger partial charge in [-0.25, -0.2) is 9.59 Å². The number of carboxylic acids is 1. The molecule has 0 saturated carbocycles. The fourth-order valence-electron chi connectivity index (χ4n) is 7.41. The van der Waals surface area contributed by atoms with E-state index in [1.165, 1.54) is 6.92 Å². The third kappa shape index (κ3) is 23.4. The molecule has 0 saturated heterocycles. The molecule has 0 spiro atoms. The van der Waals surface area contributed by atoms with Gasteiger partial charge in [0.15, 0.2) is 0 Å². The van der Waals surface area contributed by atoms with Gasteiger partial charge < -0.3 is 60.1 Å². The minimum Gasteiger partial charge on any atom is -0.480 e. The summed E-state index contributed by atoms with van der Waals surface area (Å²) < 4.78 is 34.1. The zero-order valence-corrected chi connectivity index (χ0v) is 44.6. The molecule has 6 atom stereocenters. The Morgan fingerprint density at radius 1 is 0.456 bits per heavy atom. The quantitative estimate of drug-likeness (QED) is 0.0233. The van der Waals surface area contributed by atoms with Gasteiger partial charge in [0.2, 0.25) is 23.6 Å². The van der Waals surface area contributed by atoms with Gasteiger partial charge in [0, 0.05) is 6.42 Å². The van der Waals surface area contributed by atoms with E-state index in [1.807, 2.05) is 0 Å². The molecule has 20 nitrogen and oxygen atoms in total. The van der Waals surface area contributed by atoms with Crippen molar-refractivity contribution in [1.29, 1.82) is 0 Å². The van der Waals surface area contributed by atoms with E-state index < -0.39 is 109 Å². The maximum atomic E-state index is 14.8. The average molecular weight is 1090 g/mol. The minimum absolute atomic E-state index is 0.0206. The van der Waals surface area contributed by atoms with Gasteiger partial charge in [0.1, 0.15) is 49.0 Å². The number of rotatable bonds is 31. The van der Waals surface area contributed by atoms with Gasteiger partial charge in [-0.3, -0.25) is 28.8 Å². The van der Waals surface area contributed by atoms with Crippen molar-refractivity contribution >= 4 is 47.6 Å². The highest BCUT2D eigenvalue weighted by Gasteiger charge is 2.37. The number of ether oxygens (including phenoxy) is 6. The number of nitrogens with one attached hydrogen (secondary N) is 5. The van der Waals surface area contributed by atoms with Crippen molar-refractivity contribution in [2.45, 2.75) is 122 Å². The first-order chi connectivity index (χ1) is 37.9. The molecule has 0 aliphatic heterocycles. The summed E-state index contributed by atoms with van der Waals surface area (Å²) >= 11 is 0. The second-order valence-corrected chi connectivity index (χ2v) is 19.2. The second kappa shape index (κ2) is 32.3. The van der Waals surface area contributed by atoms with E-state index in [9.17, 15) is 43.5 Å². The highest BCUT2D eigenvalue weighted by atomic mass is 16.6. The lowest BCUT2D eigenvalue weighted by atomic mass is 10.1. The fourth-order valence-corrected chi connectivity index (χ4v) is 7.41. The first-order valence-corrected chi connectivity index (χ1v) is 25.6. The zero-order valence-electron chi connectivity index (χ0n) is 44.6. The van der Waals surface area contributed by atoms with Crippen molar-refractivity contribution in [2.75, 3.05) is 13.2 Å². The maximum Gasteiger partial charge on any atom is 0.408 e. The number of amides is 5. The van der Waals surface area contributed by atoms with Crippen LogP contribution >= 0.6 is 0 Å². The van der Waals surface area contributed by atoms with Gasteiger partial charge in [-0.05, 0) is 61.9 Å². The number of alkyl carbamates (subject to hydrolysis) is 1. The molecule has 5 aromatic rings. The first-order valence-electron chi connectivity index (χ1n) is 25.6. The van der Waals surface area contributed by atoms with E-state index in [0.29, 0.717) is 27.8 Å². The molecule has 6 N–H and O–H groups in total. The van der Waals surface area contributed by atoms with E-state index >= 15 is 0 Å². The van der Waals surface area contributed by atoms with Crippen molar-refractivity contribution in [3.63, 3.8) is 0 Å². The Bertz CT molecular complexity index is 2710. The molecule has 79 heavy (non-hydrogen) atoms. The van der Waals surface area contributed by atoms with Gasteiger partial charge in [0.05, 0.1) is 45.6 Å². The number of hydrogen-bond donors (Lipinski definition) is 6. The lowest BCUT2D eigenvalue weighted by Crippen LogP contribution is -2.62. The number of carbonyl (C=O) groups is 8. The number of esters is 2. The van der Waals surface area contributed by atoms with Gasteiger partial charge in [-0.1, -0.05) is 152 Å². The van der Waals surface area contributed by atoms with E-state index in [-0.39, 0.29) is 45.9 Å². The second-order valence-electron chi connectivity index (χ2n) is 19.2. The molecule has 20 heteroatoms. The van der Waals surface area contributed by atoms with Gasteiger partial charge in [-0.15, -0.1) is 0 Å². The van der Waals surface area contributed by atoms with Crippen molar-refractivity contribution in [3.05, 3.63) is 179 Å². The van der Waals surface area contributed by atoms with E-state index in [1.54, 1.807) is 172 Å². The number of hydrogen-bond acceptors (Lipinski definition) is 14. The van der Waals surface area contributed by atoms with Crippen LogP contribution in [0.5, 0.6) is 0 Å². The van der Waals surface area contributed by atoms with Gasteiger partial charge in [0.25, 0.3) is 0 Å². The average Bonchev–Trinajstić information content (AvgIpc) is 3.44. The molecule has 5 amide bonds. The Balaban J connectivity index is 1.40. The number of aliphatic carboxylic acids is 1. The predicted molar refractivity (Wildman–Crippen MR) is 288 cm³/mol. The van der Waals surface area contributed by atoms with Crippen molar-refractivity contribution < 1.29 is 71.9 Å². The number of carbonyl (C=O) groups excluding carboxylic acids is 7. The van der Waals surface area contributed by atoms with Crippen LogP contribution < -0.4 is 26.6 Å². The van der Waals surface area contributed by atoms with Crippen LogP contribution in [0, 0.1) is 0 Å². The Kier molecular flexibility index (Phi) is 25.1. The topological polar surface area (TPSA) is 272 Å². The predicted octanol–water partition coefficient (Wildman–Crippen LogP) is 5.60. The molecule has 0 fully saturated rings. The van der Waals surface area contributed by atoms with Crippen molar-refractivity contribution in [2.24, 2.45) is 0 Å². The van der Waals surface area contributed by atoms with Crippen LogP contribution in [0.2, 0.25) is 0 Å². The minimum atomic E-state index is -1.66. The van der Waals surface area contributed by atoms with Crippen LogP contribution in [0.25, 0.3) is 0 Å². The summed E-state index contributed by atoms with van der Waals surface area (Å²) in [7, 11) is 0. The van der Waals surface area contributed by atoms with Crippen LogP contribution in [-0.2, 0) is 95.0 Å². The Morgan fingerprint density at radius 2 is 0.835 bits per heavy atom. The van der Waals surface area contributed by atoms with Crippen LogP contribution in [0.4, 0.5) is 4.79 Å². The molecule has 0 heterocycles. The molecule has 0 bridgehead atoms. The standard InChI is InChI=1S/C59H69N5O15/c1-40(76-35-43-24-14-7-15-25-43)52(64-53(67)47(63-58(73)79-59(2,3)4)32-51(66)78-37-45-28-18-9-19-29-45)56(70)62-49(39-75-34-42-22-12-6-13-23-42)55(69)61-48(38-74-33-41-20-10-5-11-21-41)54(68)60-46(57(71)72)30-31-50(65)77-36-44-26-16-8-17-27-44/h5-29,40,46-49,52H,30-39H2,1-4H3,(H,60,68)(H,61,69)(H,62,70)(H,63,73)(H,64,67)(H,71,72)/t40-,46+,47+,48+,49+,52+/m1/s1. The molecule has 420 valence electrons. The maximum absolute atomic E-state index is 14.8. The summed E-state index contributed by atoms with van der Waals surface area (Å²) in [6.45, 7) is 5.02. The Morgan fingerprint density at radius 3 is 1.27 bits per heavy atom. The van der Waals surface area contributed by atoms with Crippen molar-refractivity contribution in [3.8, 4) is 0 Å². The fraction of sp³-hybridized carbons (Fsp3) is 0.356. The van der Waals surface area contributed by atoms with Crippen LogP contribution in [0.3, 0.4) is 0 Å². The van der Waals surface area contributed by atoms with Crippen LogP contribution in [0.1, 0.15) is 74.8 Å². The third-order valence-corrected chi connectivity index (χ3v) is 11.6. The van der Waals surface area contributed by atoms with E-state index in [2.05, 4.69) is 26.6 Å². The molecule has 0 unspecified atom stereocenters.